The van der Waals surface area contributed by atoms with Crippen molar-refractivity contribution in [1.29, 1.82) is 0 Å². The van der Waals surface area contributed by atoms with Gasteiger partial charge in [0.1, 0.15) is 5.82 Å². The topological polar surface area (TPSA) is 67.4 Å². The van der Waals surface area contributed by atoms with Crippen molar-refractivity contribution in [3.63, 3.8) is 0 Å². The van der Waals surface area contributed by atoms with Gasteiger partial charge < -0.3 is 15.0 Å². The first-order valence-electron chi connectivity index (χ1n) is 8.69. The van der Waals surface area contributed by atoms with Crippen LogP contribution in [0.4, 0.5) is 11.8 Å². The highest BCUT2D eigenvalue weighted by Crippen LogP contribution is 2.40. The Morgan fingerprint density at radius 1 is 1.24 bits per heavy atom. The van der Waals surface area contributed by atoms with Crippen molar-refractivity contribution >= 4 is 17.7 Å². The normalized spacial score (nSPS) is 16.3. The number of hydrogen-bond acceptors (Lipinski definition) is 6. The van der Waals surface area contributed by atoms with Crippen LogP contribution in [-0.4, -0.2) is 36.6 Å². The summed E-state index contributed by atoms with van der Waals surface area (Å²) in [5.41, 5.74) is 4.20. The minimum absolute atomic E-state index is 0.284. The molecule has 0 spiro atoms. The first kappa shape index (κ1) is 15.9. The van der Waals surface area contributed by atoms with Crippen molar-refractivity contribution in [2.75, 3.05) is 30.9 Å². The fourth-order valence-electron chi connectivity index (χ4n) is 3.31. The number of nitrogens with zero attached hydrogens (tertiary/aromatic N) is 3. The second-order valence-corrected chi connectivity index (χ2v) is 6.65. The average molecular weight is 338 g/mol. The minimum Gasteiger partial charge on any atom is -0.465 e. The van der Waals surface area contributed by atoms with Crippen LogP contribution in [-0.2, 0) is 17.7 Å². The van der Waals surface area contributed by atoms with Gasteiger partial charge in [-0.05, 0) is 42.5 Å². The third-order valence-corrected chi connectivity index (χ3v) is 4.92. The van der Waals surface area contributed by atoms with Gasteiger partial charge >= 0.3 is 5.97 Å². The lowest BCUT2D eigenvalue weighted by Crippen LogP contribution is -2.31. The molecule has 0 bridgehead atoms. The Hall–Kier alpha value is -2.63. The van der Waals surface area contributed by atoms with E-state index in [2.05, 4.69) is 26.3 Å². The molecule has 6 heteroatoms. The van der Waals surface area contributed by atoms with E-state index in [1.807, 2.05) is 25.2 Å². The van der Waals surface area contributed by atoms with Crippen LogP contribution in [0.5, 0.6) is 0 Å². The first-order valence-corrected chi connectivity index (χ1v) is 8.69. The molecule has 2 aromatic rings. The highest BCUT2D eigenvalue weighted by Gasteiger charge is 2.27. The largest absolute Gasteiger partial charge is 0.465 e. The van der Waals surface area contributed by atoms with Gasteiger partial charge in [-0.3, -0.25) is 0 Å². The number of esters is 1. The molecule has 4 rings (SSSR count). The molecule has 2 heterocycles. The van der Waals surface area contributed by atoms with Crippen molar-refractivity contribution in [1.82, 2.24) is 9.97 Å². The predicted octanol–water partition coefficient (Wildman–Crippen LogP) is 2.75. The number of fused-ring (bicyclic) bond motifs is 1. The molecule has 2 aliphatic rings. The number of hydrogen-bond donors (Lipinski definition) is 1. The van der Waals surface area contributed by atoms with E-state index in [0.717, 1.165) is 31.0 Å². The van der Waals surface area contributed by atoms with Gasteiger partial charge in [0.2, 0.25) is 5.95 Å². The fourth-order valence-corrected chi connectivity index (χ4v) is 3.31. The lowest BCUT2D eigenvalue weighted by atomic mass is 9.97. The van der Waals surface area contributed by atoms with Crippen LogP contribution in [0.3, 0.4) is 0 Å². The monoisotopic (exact) mass is 338 g/mol. The molecule has 1 N–H and O–H groups in total. The van der Waals surface area contributed by atoms with Crippen LogP contribution in [0.25, 0.3) is 0 Å². The Balaban J connectivity index is 1.60. The van der Waals surface area contributed by atoms with Crippen LogP contribution in [0.2, 0.25) is 0 Å². The molecule has 1 aromatic heterocycles. The number of ether oxygens (including phenoxy) is 1. The summed E-state index contributed by atoms with van der Waals surface area (Å²) in [4.78, 5) is 23.2. The maximum atomic E-state index is 11.7. The van der Waals surface area contributed by atoms with Gasteiger partial charge in [0.05, 0.1) is 18.4 Å². The van der Waals surface area contributed by atoms with Crippen LogP contribution >= 0.6 is 0 Å². The van der Waals surface area contributed by atoms with Gasteiger partial charge in [-0.1, -0.05) is 6.07 Å². The molecular weight excluding hydrogens is 316 g/mol. The summed E-state index contributed by atoms with van der Waals surface area (Å²) in [6.45, 7) is 1.67. The maximum absolute atomic E-state index is 11.7. The summed E-state index contributed by atoms with van der Waals surface area (Å²) in [5, 5.41) is 3.07. The Labute approximate surface area is 147 Å². The van der Waals surface area contributed by atoms with Crippen LogP contribution in [0, 0.1) is 0 Å². The fraction of sp³-hybridized carbons (Fsp3) is 0.421. The zero-order valence-corrected chi connectivity index (χ0v) is 14.6. The van der Waals surface area contributed by atoms with Crippen molar-refractivity contribution < 1.29 is 9.53 Å². The molecule has 0 unspecified atom stereocenters. The Bertz CT molecular complexity index is 817. The summed E-state index contributed by atoms with van der Waals surface area (Å²) >= 11 is 0. The van der Waals surface area contributed by atoms with Crippen LogP contribution < -0.4 is 10.2 Å². The second-order valence-electron chi connectivity index (χ2n) is 6.65. The number of anilines is 2. The van der Waals surface area contributed by atoms with Gasteiger partial charge in [0.15, 0.2) is 0 Å². The van der Waals surface area contributed by atoms with Crippen LogP contribution in [0.15, 0.2) is 24.3 Å². The van der Waals surface area contributed by atoms with Gasteiger partial charge in [0.25, 0.3) is 0 Å². The summed E-state index contributed by atoms with van der Waals surface area (Å²) < 4.78 is 4.81. The third kappa shape index (κ3) is 3.16. The van der Waals surface area contributed by atoms with Crippen LogP contribution in [0.1, 0.15) is 45.9 Å². The summed E-state index contributed by atoms with van der Waals surface area (Å²) in [5.74, 6) is 1.97. The van der Waals surface area contributed by atoms with E-state index in [9.17, 15) is 4.79 Å². The smallest absolute Gasteiger partial charge is 0.337 e. The van der Waals surface area contributed by atoms with Crippen molar-refractivity contribution in [3.8, 4) is 0 Å². The molecule has 1 fully saturated rings. The van der Waals surface area contributed by atoms with Gasteiger partial charge in [0, 0.05) is 32.1 Å². The highest BCUT2D eigenvalue weighted by atomic mass is 16.5. The van der Waals surface area contributed by atoms with E-state index < -0.39 is 0 Å². The number of methoxy groups -OCH3 is 1. The number of carbonyl (C=O) groups is 1. The molecule has 0 atom stereocenters. The molecule has 0 radical (unpaired) electrons. The molecular formula is C19H22N4O2. The van der Waals surface area contributed by atoms with E-state index in [4.69, 9.17) is 4.74 Å². The first-order chi connectivity index (χ1) is 12.2. The zero-order chi connectivity index (χ0) is 17.4. The lowest BCUT2D eigenvalue weighted by molar-refractivity contribution is 0.0600. The van der Waals surface area contributed by atoms with E-state index in [-0.39, 0.29) is 5.97 Å². The molecule has 0 saturated heterocycles. The lowest BCUT2D eigenvalue weighted by Gasteiger charge is -2.30. The van der Waals surface area contributed by atoms with E-state index in [1.54, 1.807) is 0 Å². The predicted molar refractivity (Wildman–Crippen MR) is 96.1 cm³/mol. The quantitative estimate of drug-likeness (QED) is 0.865. The summed E-state index contributed by atoms with van der Waals surface area (Å²) in [7, 11) is 3.27. The van der Waals surface area contributed by atoms with Gasteiger partial charge in [-0.2, -0.15) is 4.98 Å². The molecule has 1 aromatic carbocycles. The molecule has 0 amide bonds. The molecule has 1 aliphatic carbocycles. The number of nitrogens with one attached hydrogen (secondary N) is 1. The number of benzene rings is 1. The number of carbonyl (C=O) groups excluding carboxylic acids is 1. The molecule has 130 valence electrons. The zero-order valence-electron chi connectivity index (χ0n) is 14.6. The Morgan fingerprint density at radius 2 is 2.08 bits per heavy atom. The summed E-state index contributed by atoms with van der Waals surface area (Å²) in [6.07, 6.45) is 3.33. The molecule has 1 aliphatic heterocycles. The van der Waals surface area contributed by atoms with Crippen molar-refractivity contribution in [2.24, 2.45) is 0 Å². The maximum Gasteiger partial charge on any atom is 0.337 e. The molecule has 1 saturated carbocycles. The number of aromatic nitrogens is 2. The Morgan fingerprint density at radius 3 is 2.80 bits per heavy atom. The Kier molecular flexibility index (Phi) is 4.03. The molecule has 6 nitrogen and oxygen atoms in total. The summed E-state index contributed by atoms with van der Waals surface area (Å²) in [6, 6.07) is 7.94. The van der Waals surface area contributed by atoms with E-state index >= 15 is 0 Å². The molecule has 25 heavy (non-hydrogen) atoms. The third-order valence-electron chi connectivity index (χ3n) is 4.92. The second kappa shape index (κ2) is 6.35. The average Bonchev–Trinajstić information content (AvgIpc) is 3.51. The van der Waals surface area contributed by atoms with E-state index in [0.29, 0.717) is 17.4 Å². The number of rotatable bonds is 4. The van der Waals surface area contributed by atoms with Gasteiger partial charge in [-0.25, -0.2) is 9.78 Å². The minimum atomic E-state index is -0.284. The van der Waals surface area contributed by atoms with Crippen molar-refractivity contribution in [2.45, 2.75) is 31.7 Å². The SMILES string of the molecule is CNc1nc(C2CC2)cc(N2CCc3cc(C(=O)OC)ccc3C2)n1. The highest BCUT2D eigenvalue weighted by molar-refractivity contribution is 5.89. The standard InChI is InChI=1S/C19H22N4O2/c1-20-19-21-16(12-3-4-12)10-17(22-19)23-8-7-13-9-14(18(24)25-2)5-6-15(13)11-23/h5-6,9-10,12H,3-4,7-8,11H2,1-2H3,(H,20,21,22). The van der Waals surface area contributed by atoms with E-state index in [1.165, 1.54) is 31.1 Å². The van der Waals surface area contributed by atoms with Crippen molar-refractivity contribution in [3.05, 3.63) is 46.6 Å². The van der Waals surface area contributed by atoms with Gasteiger partial charge in [-0.15, -0.1) is 0 Å².